The summed E-state index contributed by atoms with van der Waals surface area (Å²) in [6.45, 7) is 3.90. The number of thioether (sulfide) groups is 1. The van der Waals surface area contributed by atoms with E-state index in [1.54, 1.807) is 11.3 Å². The Hall–Kier alpha value is -2.20. The number of nitrogens with one attached hydrogen (secondary N) is 1. The molecule has 1 N–H and O–H groups in total. The van der Waals surface area contributed by atoms with Crippen LogP contribution >= 0.6 is 23.1 Å². The maximum absolute atomic E-state index is 12.2. The topological polar surface area (TPSA) is 98.7 Å². The Balaban J connectivity index is 1.42. The smallest absolute Gasteiger partial charge is 0.322 e. The van der Waals surface area contributed by atoms with Gasteiger partial charge in [0.05, 0.1) is 10.6 Å². The fourth-order valence-corrected chi connectivity index (χ4v) is 3.93. The first-order valence-electron chi connectivity index (χ1n) is 8.36. The minimum Gasteiger partial charge on any atom is -0.408 e. The highest BCUT2D eigenvalue weighted by Gasteiger charge is 2.30. The molecule has 3 heterocycles. The van der Waals surface area contributed by atoms with Crippen molar-refractivity contribution in [2.45, 2.75) is 43.8 Å². The monoisotopic (exact) mass is 390 g/mol. The number of carbonyl (C=O) groups excluding carboxylic acids is 1. The Morgan fingerprint density at radius 3 is 2.88 bits per heavy atom. The lowest BCUT2D eigenvalue weighted by molar-refractivity contribution is -0.113. The zero-order valence-electron chi connectivity index (χ0n) is 14.4. The molecule has 0 atom stereocenters. The number of thiophene rings is 1. The van der Waals surface area contributed by atoms with Gasteiger partial charge in [-0.3, -0.25) is 14.7 Å². The standard InChI is InChI=1S/C16H18N6O2S2/c1-9(2)14-19-20-15(24-14)17-12(23)8-26-16-21-18-13(11-4-3-7-25-11)22(16)10-5-6-10/h3-4,7,9-10H,5-6,8H2,1-2H3,(H,17,20,23). The van der Waals surface area contributed by atoms with Crippen LogP contribution in [0.3, 0.4) is 0 Å². The van der Waals surface area contributed by atoms with Crippen LogP contribution < -0.4 is 5.32 Å². The first-order valence-corrected chi connectivity index (χ1v) is 10.2. The largest absolute Gasteiger partial charge is 0.408 e. The molecular weight excluding hydrogens is 372 g/mol. The van der Waals surface area contributed by atoms with Crippen molar-refractivity contribution in [3.63, 3.8) is 0 Å². The first-order chi connectivity index (χ1) is 12.6. The van der Waals surface area contributed by atoms with Crippen LogP contribution in [-0.2, 0) is 4.79 Å². The van der Waals surface area contributed by atoms with Crippen LogP contribution in [0.25, 0.3) is 10.7 Å². The van der Waals surface area contributed by atoms with E-state index in [1.165, 1.54) is 11.8 Å². The molecule has 1 aliphatic rings. The van der Waals surface area contributed by atoms with E-state index in [0.717, 1.165) is 28.7 Å². The summed E-state index contributed by atoms with van der Waals surface area (Å²) < 4.78 is 7.54. The maximum Gasteiger partial charge on any atom is 0.322 e. The summed E-state index contributed by atoms with van der Waals surface area (Å²) in [5, 5.41) is 21.8. The number of hydrogen-bond acceptors (Lipinski definition) is 8. The number of anilines is 1. The Labute approximate surface area is 158 Å². The van der Waals surface area contributed by atoms with Crippen molar-refractivity contribution in [2.24, 2.45) is 0 Å². The lowest BCUT2D eigenvalue weighted by atomic mass is 10.2. The van der Waals surface area contributed by atoms with Crippen LogP contribution in [0.1, 0.15) is 44.5 Å². The van der Waals surface area contributed by atoms with Gasteiger partial charge in [0.1, 0.15) is 0 Å². The Morgan fingerprint density at radius 1 is 1.38 bits per heavy atom. The molecule has 0 bridgehead atoms. The van der Waals surface area contributed by atoms with E-state index in [0.29, 0.717) is 11.9 Å². The Bertz CT molecular complexity index is 898. The number of hydrogen-bond donors (Lipinski definition) is 1. The highest BCUT2D eigenvalue weighted by molar-refractivity contribution is 7.99. The van der Waals surface area contributed by atoms with Crippen molar-refractivity contribution in [2.75, 3.05) is 11.1 Å². The molecule has 10 heteroatoms. The predicted molar refractivity (Wildman–Crippen MR) is 99.3 cm³/mol. The number of amides is 1. The van der Waals surface area contributed by atoms with E-state index < -0.39 is 0 Å². The molecule has 8 nitrogen and oxygen atoms in total. The molecule has 136 valence electrons. The van der Waals surface area contributed by atoms with Gasteiger partial charge in [-0.15, -0.1) is 26.6 Å². The van der Waals surface area contributed by atoms with Gasteiger partial charge in [0.2, 0.25) is 11.8 Å². The predicted octanol–water partition coefficient (Wildman–Crippen LogP) is 3.58. The first kappa shape index (κ1) is 17.2. The summed E-state index contributed by atoms with van der Waals surface area (Å²) in [5.41, 5.74) is 0. The molecular formula is C16H18N6O2S2. The van der Waals surface area contributed by atoms with Gasteiger partial charge >= 0.3 is 6.01 Å². The molecule has 1 aliphatic carbocycles. The van der Waals surface area contributed by atoms with E-state index in [9.17, 15) is 4.79 Å². The molecule has 3 aromatic heterocycles. The van der Waals surface area contributed by atoms with Gasteiger partial charge in [-0.1, -0.05) is 36.8 Å². The molecule has 0 spiro atoms. The van der Waals surface area contributed by atoms with Crippen LogP contribution in [0.2, 0.25) is 0 Å². The normalized spacial score (nSPS) is 14.1. The van der Waals surface area contributed by atoms with Crippen molar-refractivity contribution in [3.8, 4) is 10.7 Å². The fraction of sp³-hybridized carbons (Fsp3) is 0.438. The molecule has 1 amide bonds. The van der Waals surface area contributed by atoms with Gasteiger partial charge in [-0.05, 0) is 24.3 Å². The molecule has 4 rings (SSSR count). The quantitative estimate of drug-likeness (QED) is 0.616. The zero-order chi connectivity index (χ0) is 18.1. The van der Waals surface area contributed by atoms with Crippen LogP contribution in [-0.4, -0.2) is 36.6 Å². The zero-order valence-corrected chi connectivity index (χ0v) is 16.0. The van der Waals surface area contributed by atoms with Gasteiger partial charge < -0.3 is 4.42 Å². The third kappa shape index (κ3) is 3.65. The molecule has 0 aliphatic heterocycles. The van der Waals surface area contributed by atoms with Gasteiger partial charge in [0, 0.05) is 12.0 Å². The third-order valence-corrected chi connectivity index (χ3v) is 5.64. The van der Waals surface area contributed by atoms with Crippen molar-refractivity contribution in [3.05, 3.63) is 23.4 Å². The van der Waals surface area contributed by atoms with Crippen molar-refractivity contribution in [1.82, 2.24) is 25.0 Å². The second-order valence-corrected chi connectivity index (χ2v) is 8.21. The molecule has 1 fully saturated rings. The lowest BCUT2D eigenvalue weighted by Crippen LogP contribution is -2.15. The minimum atomic E-state index is -0.211. The van der Waals surface area contributed by atoms with Crippen LogP contribution in [0.15, 0.2) is 27.1 Å². The summed E-state index contributed by atoms with van der Waals surface area (Å²) in [5.74, 6) is 1.49. The van der Waals surface area contributed by atoms with Crippen LogP contribution in [0.4, 0.5) is 6.01 Å². The van der Waals surface area contributed by atoms with Crippen molar-refractivity contribution >= 4 is 35.0 Å². The fourth-order valence-electron chi connectivity index (χ4n) is 2.41. The minimum absolute atomic E-state index is 0.121. The van der Waals surface area contributed by atoms with Crippen LogP contribution in [0, 0.1) is 0 Å². The number of aromatic nitrogens is 5. The van der Waals surface area contributed by atoms with E-state index >= 15 is 0 Å². The summed E-state index contributed by atoms with van der Waals surface area (Å²) in [6, 6.07) is 4.60. The number of carbonyl (C=O) groups is 1. The van der Waals surface area contributed by atoms with E-state index in [1.807, 2.05) is 31.4 Å². The van der Waals surface area contributed by atoms with Gasteiger partial charge in [0.25, 0.3) is 0 Å². The summed E-state index contributed by atoms with van der Waals surface area (Å²) >= 11 is 3.01. The molecule has 0 radical (unpaired) electrons. The molecule has 1 saturated carbocycles. The summed E-state index contributed by atoms with van der Waals surface area (Å²) in [7, 11) is 0. The molecule has 26 heavy (non-hydrogen) atoms. The van der Waals surface area contributed by atoms with Crippen LogP contribution in [0.5, 0.6) is 0 Å². The molecule has 3 aromatic rings. The van der Waals surface area contributed by atoms with Gasteiger partial charge in [-0.2, -0.15) is 0 Å². The van der Waals surface area contributed by atoms with Gasteiger partial charge in [0.15, 0.2) is 11.0 Å². The van der Waals surface area contributed by atoms with Crippen molar-refractivity contribution < 1.29 is 9.21 Å². The highest BCUT2D eigenvalue weighted by atomic mass is 32.2. The van der Waals surface area contributed by atoms with E-state index in [2.05, 4.69) is 30.3 Å². The Morgan fingerprint density at radius 2 is 2.23 bits per heavy atom. The second-order valence-electron chi connectivity index (χ2n) is 6.32. The maximum atomic E-state index is 12.2. The third-order valence-electron chi connectivity index (χ3n) is 3.83. The van der Waals surface area contributed by atoms with Gasteiger partial charge in [-0.25, -0.2) is 0 Å². The molecule has 0 saturated heterocycles. The number of rotatable bonds is 7. The lowest BCUT2D eigenvalue weighted by Gasteiger charge is -2.07. The Kier molecular flexibility index (Phi) is 4.77. The van der Waals surface area contributed by atoms with E-state index in [4.69, 9.17) is 4.42 Å². The SMILES string of the molecule is CC(C)c1nnc(NC(=O)CSc2nnc(-c3cccs3)n2C2CC2)o1. The average molecular weight is 390 g/mol. The van der Waals surface area contributed by atoms with E-state index in [-0.39, 0.29) is 23.6 Å². The molecule has 0 unspecified atom stereocenters. The summed E-state index contributed by atoms with van der Waals surface area (Å²) in [4.78, 5) is 13.3. The molecule has 0 aromatic carbocycles. The second kappa shape index (κ2) is 7.20. The summed E-state index contributed by atoms with van der Waals surface area (Å²) in [6.07, 6.45) is 2.24. The van der Waals surface area contributed by atoms with Crippen molar-refractivity contribution in [1.29, 1.82) is 0 Å². The average Bonchev–Trinajstić information content (AvgIpc) is 3.06. The number of nitrogens with zero attached hydrogens (tertiary/aromatic N) is 5. The highest BCUT2D eigenvalue weighted by Crippen LogP contribution is 2.41.